The van der Waals surface area contributed by atoms with Crippen LogP contribution in [0.25, 0.3) is 0 Å². The standard InChI is InChI=1S/C8H12N2O3/c9-5-6-10-7(11)3-1-2-4-8(12)13/h1-4,6H2,(H,10,11)(H,12,13). The molecule has 0 unspecified atom stereocenters. The van der Waals surface area contributed by atoms with Crippen LogP contribution in [0.15, 0.2) is 0 Å². The van der Waals surface area contributed by atoms with Gasteiger partial charge in [0.15, 0.2) is 0 Å². The highest BCUT2D eigenvalue weighted by Crippen LogP contribution is 1.99. The van der Waals surface area contributed by atoms with E-state index in [0.717, 1.165) is 0 Å². The number of carbonyl (C=O) groups is 2. The summed E-state index contributed by atoms with van der Waals surface area (Å²) in [5.41, 5.74) is 0. The number of nitrogens with zero attached hydrogens (tertiary/aromatic N) is 1. The highest BCUT2D eigenvalue weighted by atomic mass is 16.4. The van der Waals surface area contributed by atoms with Crippen molar-refractivity contribution in [3.63, 3.8) is 0 Å². The van der Waals surface area contributed by atoms with Gasteiger partial charge < -0.3 is 10.4 Å². The third kappa shape index (κ3) is 8.34. The Kier molecular flexibility index (Phi) is 6.24. The van der Waals surface area contributed by atoms with Crippen molar-refractivity contribution in [2.45, 2.75) is 25.7 Å². The number of carboxylic acid groups (broad SMARTS) is 1. The lowest BCUT2D eigenvalue weighted by Gasteiger charge is -1.99. The Labute approximate surface area is 76.4 Å². The fraction of sp³-hybridized carbons (Fsp3) is 0.625. The molecule has 0 rings (SSSR count). The highest BCUT2D eigenvalue weighted by Gasteiger charge is 2.01. The molecule has 0 heterocycles. The molecule has 0 radical (unpaired) electrons. The maximum absolute atomic E-state index is 10.8. The van der Waals surface area contributed by atoms with Gasteiger partial charge in [-0.25, -0.2) is 0 Å². The number of rotatable bonds is 6. The van der Waals surface area contributed by atoms with Gasteiger partial charge >= 0.3 is 5.97 Å². The number of nitriles is 1. The van der Waals surface area contributed by atoms with E-state index in [4.69, 9.17) is 10.4 Å². The number of amides is 1. The highest BCUT2D eigenvalue weighted by molar-refractivity contribution is 5.76. The van der Waals surface area contributed by atoms with Gasteiger partial charge in [0.1, 0.15) is 6.54 Å². The van der Waals surface area contributed by atoms with E-state index < -0.39 is 5.97 Å². The maximum Gasteiger partial charge on any atom is 0.303 e. The molecule has 0 aliphatic carbocycles. The molecule has 0 saturated heterocycles. The first-order chi connectivity index (χ1) is 6.16. The summed E-state index contributed by atoms with van der Waals surface area (Å²) in [7, 11) is 0. The molecule has 13 heavy (non-hydrogen) atoms. The lowest BCUT2D eigenvalue weighted by molar-refractivity contribution is -0.137. The minimum Gasteiger partial charge on any atom is -0.481 e. The zero-order valence-electron chi connectivity index (χ0n) is 7.25. The van der Waals surface area contributed by atoms with E-state index in [1.807, 2.05) is 0 Å². The summed E-state index contributed by atoms with van der Waals surface area (Å²) in [6, 6.07) is 1.78. The molecular weight excluding hydrogens is 172 g/mol. The molecule has 5 nitrogen and oxygen atoms in total. The Morgan fingerprint density at radius 1 is 1.31 bits per heavy atom. The normalized spacial score (nSPS) is 8.85. The van der Waals surface area contributed by atoms with E-state index in [-0.39, 0.29) is 25.3 Å². The zero-order valence-corrected chi connectivity index (χ0v) is 7.25. The Bertz CT molecular complexity index is 220. The molecule has 0 spiro atoms. The molecule has 2 N–H and O–H groups in total. The van der Waals surface area contributed by atoms with Crippen molar-refractivity contribution in [2.75, 3.05) is 6.54 Å². The summed E-state index contributed by atoms with van der Waals surface area (Å²) in [6.07, 6.45) is 1.42. The van der Waals surface area contributed by atoms with Gasteiger partial charge in [-0.05, 0) is 12.8 Å². The Balaban J connectivity index is 3.28. The van der Waals surface area contributed by atoms with Crippen LogP contribution >= 0.6 is 0 Å². The van der Waals surface area contributed by atoms with Crippen LogP contribution in [0.3, 0.4) is 0 Å². The minimum atomic E-state index is -0.850. The second-order valence-corrected chi connectivity index (χ2v) is 2.54. The van der Waals surface area contributed by atoms with Gasteiger partial charge in [-0.1, -0.05) is 0 Å². The SMILES string of the molecule is N#CCNC(=O)CCCCC(=O)O. The number of aliphatic carboxylic acids is 1. The molecule has 0 bridgehead atoms. The molecule has 1 amide bonds. The monoisotopic (exact) mass is 184 g/mol. The van der Waals surface area contributed by atoms with Gasteiger partial charge in [-0.2, -0.15) is 5.26 Å². The molecule has 72 valence electrons. The molecule has 0 aromatic rings. The predicted molar refractivity (Wildman–Crippen MR) is 44.7 cm³/mol. The average molecular weight is 184 g/mol. The molecule has 0 fully saturated rings. The van der Waals surface area contributed by atoms with Crippen LogP contribution in [0, 0.1) is 11.3 Å². The van der Waals surface area contributed by atoms with Crippen LogP contribution in [-0.2, 0) is 9.59 Å². The molecule has 5 heteroatoms. The third-order valence-corrected chi connectivity index (χ3v) is 1.41. The summed E-state index contributed by atoms with van der Waals surface area (Å²) >= 11 is 0. The Hall–Kier alpha value is -1.57. The van der Waals surface area contributed by atoms with Crippen molar-refractivity contribution in [1.82, 2.24) is 5.32 Å². The fourth-order valence-electron chi connectivity index (χ4n) is 0.788. The smallest absolute Gasteiger partial charge is 0.303 e. The van der Waals surface area contributed by atoms with Crippen LogP contribution < -0.4 is 5.32 Å². The quantitative estimate of drug-likeness (QED) is 0.458. The second-order valence-electron chi connectivity index (χ2n) is 2.54. The first-order valence-electron chi connectivity index (χ1n) is 4.02. The largest absolute Gasteiger partial charge is 0.481 e. The van der Waals surface area contributed by atoms with Crippen LogP contribution in [-0.4, -0.2) is 23.5 Å². The third-order valence-electron chi connectivity index (χ3n) is 1.41. The van der Waals surface area contributed by atoms with Crippen molar-refractivity contribution < 1.29 is 14.7 Å². The number of hydrogen-bond donors (Lipinski definition) is 2. The summed E-state index contributed by atoms with van der Waals surface area (Å²) in [5, 5.41) is 18.8. The van der Waals surface area contributed by atoms with E-state index in [1.165, 1.54) is 0 Å². The maximum atomic E-state index is 10.8. The van der Waals surface area contributed by atoms with E-state index in [9.17, 15) is 9.59 Å². The van der Waals surface area contributed by atoms with Gasteiger partial charge in [-0.15, -0.1) is 0 Å². The van der Waals surface area contributed by atoms with Crippen molar-refractivity contribution in [1.29, 1.82) is 5.26 Å². The molecule has 0 aliphatic heterocycles. The van der Waals surface area contributed by atoms with Crippen LogP contribution in [0.1, 0.15) is 25.7 Å². The number of unbranched alkanes of at least 4 members (excludes halogenated alkanes) is 1. The zero-order chi connectivity index (χ0) is 10.1. The van der Waals surface area contributed by atoms with Gasteiger partial charge in [0.2, 0.25) is 5.91 Å². The summed E-state index contributed by atoms with van der Waals surface area (Å²) < 4.78 is 0. The van der Waals surface area contributed by atoms with Crippen molar-refractivity contribution in [3.8, 4) is 6.07 Å². The van der Waals surface area contributed by atoms with E-state index in [2.05, 4.69) is 5.32 Å². The molecular formula is C8H12N2O3. The van der Waals surface area contributed by atoms with Gasteiger partial charge in [0.05, 0.1) is 6.07 Å². The number of nitrogens with one attached hydrogen (secondary N) is 1. The first kappa shape index (κ1) is 11.4. The van der Waals surface area contributed by atoms with Crippen molar-refractivity contribution >= 4 is 11.9 Å². The van der Waals surface area contributed by atoms with Gasteiger partial charge in [0, 0.05) is 12.8 Å². The molecule has 0 aromatic heterocycles. The Morgan fingerprint density at radius 3 is 2.46 bits per heavy atom. The van der Waals surface area contributed by atoms with Crippen molar-refractivity contribution in [2.24, 2.45) is 0 Å². The second kappa shape index (κ2) is 7.10. The topological polar surface area (TPSA) is 90.2 Å². The summed E-state index contributed by atoms with van der Waals surface area (Å²) in [4.78, 5) is 20.9. The molecule has 0 aromatic carbocycles. The average Bonchev–Trinajstić information content (AvgIpc) is 2.08. The van der Waals surface area contributed by atoms with Crippen LogP contribution in [0.2, 0.25) is 0 Å². The number of carbonyl (C=O) groups excluding carboxylic acids is 1. The van der Waals surface area contributed by atoms with E-state index >= 15 is 0 Å². The summed E-state index contributed by atoms with van der Waals surface area (Å²) in [6.45, 7) is 0.0117. The number of hydrogen-bond acceptors (Lipinski definition) is 3. The minimum absolute atomic E-state index is 0.0117. The van der Waals surface area contributed by atoms with Gasteiger partial charge in [0.25, 0.3) is 0 Å². The molecule has 0 atom stereocenters. The van der Waals surface area contributed by atoms with Crippen molar-refractivity contribution in [3.05, 3.63) is 0 Å². The summed E-state index contributed by atoms with van der Waals surface area (Å²) in [5.74, 6) is -1.05. The lowest BCUT2D eigenvalue weighted by Crippen LogP contribution is -2.22. The number of carboxylic acids is 1. The molecule has 0 aliphatic rings. The van der Waals surface area contributed by atoms with E-state index in [0.29, 0.717) is 12.8 Å². The first-order valence-corrected chi connectivity index (χ1v) is 4.02. The van der Waals surface area contributed by atoms with Crippen LogP contribution in [0.5, 0.6) is 0 Å². The fourth-order valence-corrected chi connectivity index (χ4v) is 0.788. The lowest BCUT2D eigenvalue weighted by atomic mass is 10.2. The predicted octanol–water partition coefficient (Wildman–Crippen LogP) is 0.271. The van der Waals surface area contributed by atoms with Crippen LogP contribution in [0.4, 0.5) is 0 Å². The Morgan fingerprint density at radius 2 is 1.92 bits per heavy atom. The van der Waals surface area contributed by atoms with Gasteiger partial charge in [-0.3, -0.25) is 9.59 Å². The molecule has 0 saturated carbocycles. The van der Waals surface area contributed by atoms with E-state index in [1.54, 1.807) is 6.07 Å².